The molecule has 0 saturated heterocycles. The van der Waals surface area contributed by atoms with Crippen molar-refractivity contribution in [1.29, 1.82) is 0 Å². The van der Waals surface area contributed by atoms with E-state index in [-0.39, 0.29) is 18.1 Å². The second kappa shape index (κ2) is 6.65. The maximum Gasteiger partial charge on any atom is 0.272 e. The van der Waals surface area contributed by atoms with Gasteiger partial charge in [-0.05, 0) is 11.6 Å². The Balaban J connectivity index is 2.52. The Labute approximate surface area is 103 Å². The fraction of sp³-hybridized carbons (Fsp3) is 0.364. The molecule has 0 bridgehead atoms. The first-order valence-electron chi connectivity index (χ1n) is 5.38. The number of rotatable bonds is 6. The van der Waals surface area contributed by atoms with E-state index in [0.29, 0.717) is 18.5 Å². The molecule has 0 aromatic heterocycles. The van der Waals surface area contributed by atoms with Crippen LogP contribution in [0.2, 0.25) is 0 Å². The summed E-state index contributed by atoms with van der Waals surface area (Å²) in [6.07, 6.45) is 0.300. The quantitative estimate of drug-likeness (QED) is 0.450. The number of amides is 1. The summed E-state index contributed by atoms with van der Waals surface area (Å²) in [5.41, 5.74) is 0.191. The zero-order valence-corrected chi connectivity index (χ0v) is 9.90. The summed E-state index contributed by atoms with van der Waals surface area (Å²) in [5.74, 6) is -0.750. The van der Waals surface area contributed by atoms with E-state index >= 15 is 0 Å². The molecule has 98 valence electrons. The van der Waals surface area contributed by atoms with Gasteiger partial charge in [0.15, 0.2) is 0 Å². The summed E-state index contributed by atoms with van der Waals surface area (Å²) in [6.45, 7) is 0.694. The molecule has 18 heavy (non-hydrogen) atoms. The van der Waals surface area contributed by atoms with Crippen LogP contribution >= 0.6 is 0 Å². The van der Waals surface area contributed by atoms with Gasteiger partial charge in [-0.3, -0.25) is 14.9 Å². The van der Waals surface area contributed by atoms with Crippen LogP contribution in [0.1, 0.15) is 12.0 Å². The van der Waals surface area contributed by atoms with Crippen molar-refractivity contribution in [3.05, 3.63) is 39.7 Å². The highest BCUT2D eigenvalue weighted by Crippen LogP contribution is 2.16. The third kappa shape index (κ3) is 4.46. The highest BCUT2D eigenvalue weighted by atomic mass is 19.1. The minimum absolute atomic E-state index is 0.104. The first-order chi connectivity index (χ1) is 8.52. The summed E-state index contributed by atoms with van der Waals surface area (Å²) in [5, 5.41) is 15.9. The molecule has 0 saturated carbocycles. The molecule has 0 fully saturated rings. The van der Waals surface area contributed by atoms with E-state index in [0.717, 1.165) is 6.07 Å². The third-order valence-corrected chi connectivity index (χ3v) is 2.29. The Morgan fingerprint density at radius 3 is 2.78 bits per heavy atom. The summed E-state index contributed by atoms with van der Waals surface area (Å²) in [4.78, 5) is 20.8. The van der Waals surface area contributed by atoms with Gasteiger partial charge >= 0.3 is 0 Å². The highest BCUT2D eigenvalue weighted by Gasteiger charge is 2.09. The Morgan fingerprint density at radius 2 is 2.17 bits per heavy atom. The number of non-ortho nitro benzene ring substituents is 1. The van der Waals surface area contributed by atoms with E-state index < -0.39 is 10.7 Å². The maximum atomic E-state index is 13.1. The van der Waals surface area contributed by atoms with Crippen molar-refractivity contribution in [1.82, 2.24) is 10.6 Å². The summed E-state index contributed by atoms with van der Waals surface area (Å²) in [7, 11) is 1.54. The zero-order valence-electron chi connectivity index (χ0n) is 9.90. The number of hydrogen-bond acceptors (Lipinski definition) is 4. The first-order valence-corrected chi connectivity index (χ1v) is 5.38. The molecule has 2 N–H and O–H groups in total. The van der Waals surface area contributed by atoms with Crippen LogP contribution < -0.4 is 10.6 Å². The number of nitrogens with zero attached hydrogens (tertiary/aromatic N) is 1. The van der Waals surface area contributed by atoms with Crippen molar-refractivity contribution in [3.8, 4) is 0 Å². The van der Waals surface area contributed by atoms with Gasteiger partial charge in [-0.15, -0.1) is 0 Å². The van der Waals surface area contributed by atoms with E-state index in [1.165, 1.54) is 19.2 Å². The van der Waals surface area contributed by atoms with Crippen molar-refractivity contribution in [3.63, 3.8) is 0 Å². The van der Waals surface area contributed by atoms with Gasteiger partial charge in [-0.25, -0.2) is 4.39 Å². The molecule has 7 heteroatoms. The van der Waals surface area contributed by atoms with Gasteiger partial charge < -0.3 is 10.6 Å². The number of halogens is 1. The molecule has 0 unspecified atom stereocenters. The van der Waals surface area contributed by atoms with Gasteiger partial charge in [-0.1, -0.05) is 0 Å². The normalized spacial score (nSPS) is 10.1. The molecule has 1 amide bonds. The number of carbonyl (C=O) groups excluding carboxylic acids is 1. The minimum Gasteiger partial charge on any atom is -0.359 e. The van der Waals surface area contributed by atoms with Crippen molar-refractivity contribution in [2.75, 3.05) is 13.6 Å². The van der Waals surface area contributed by atoms with Crippen LogP contribution in [0.4, 0.5) is 10.1 Å². The van der Waals surface area contributed by atoms with Crippen LogP contribution in [0.25, 0.3) is 0 Å². The fourth-order valence-corrected chi connectivity index (χ4v) is 1.40. The SMILES string of the molecule is CNC(=O)CCNCc1cc(F)cc([N+](=O)[O-])c1. The smallest absolute Gasteiger partial charge is 0.272 e. The molecule has 0 spiro atoms. The number of nitro groups is 1. The second-order valence-corrected chi connectivity index (χ2v) is 3.67. The average molecular weight is 255 g/mol. The molecule has 1 aromatic rings. The average Bonchev–Trinajstić information content (AvgIpc) is 2.33. The number of nitro benzene ring substituents is 1. The third-order valence-electron chi connectivity index (χ3n) is 2.29. The number of hydrogen-bond donors (Lipinski definition) is 2. The van der Waals surface area contributed by atoms with Crippen LogP contribution in [0, 0.1) is 15.9 Å². The molecular weight excluding hydrogens is 241 g/mol. The lowest BCUT2D eigenvalue weighted by Crippen LogP contribution is -2.24. The lowest BCUT2D eigenvalue weighted by atomic mass is 10.2. The van der Waals surface area contributed by atoms with Gasteiger partial charge in [0.1, 0.15) is 5.82 Å². The number of carbonyl (C=O) groups is 1. The van der Waals surface area contributed by atoms with Crippen LogP contribution in [0.15, 0.2) is 18.2 Å². The lowest BCUT2D eigenvalue weighted by molar-refractivity contribution is -0.385. The van der Waals surface area contributed by atoms with Crippen LogP contribution in [0.3, 0.4) is 0 Å². The van der Waals surface area contributed by atoms with Crippen molar-refractivity contribution in [2.24, 2.45) is 0 Å². The second-order valence-electron chi connectivity index (χ2n) is 3.67. The highest BCUT2D eigenvalue weighted by molar-refractivity contribution is 5.75. The number of benzene rings is 1. The Morgan fingerprint density at radius 1 is 1.44 bits per heavy atom. The molecule has 1 rings (SSSR count). The largest absolute Gasteiger partial charge is 0.359 e. The van der Waals surface area contributed by atoms with E-state index in [1.807, 2.05) is 0 Å². The van der Waals surface area contributed by atoms with Crippen LogP contribution in [-0.4, -0.2) is 24.4 Å². The van der Waals surface area contributed by atoms with Crippen molar-refractivity contribution < 1.29 is 14.1 Å². The minimum atomic E-state index is -0.646. The van der Waals surface area contributed by atoms with Gasteiger partial charge in [0.05, 0.1) is 11.0 Å². The predicted molar refractivity (Wildman–Crippen MR) is 63.4 cm³/mol. The molecule has 1 aromatic carbocycles. The molecule has 0 aliphatic heterocycles. The first kappa shape index (κ1) is 14.0. The van der Waals surface area contributed by atoms with E-state index in [9.17, 15) is 19.3 Å². The summed E-state index contributed by atoms with van der Waals surface area (Å²) in [6, 6.07) is 3.39. The van der Waals surface area contributed by atoms with Gasteiger partial charge in [0.25, 0.3) is 5.69 Å². The monoisotopic (exact) mass is 255 g/mol. The number of nitrogens with one attached hydrogen (secondary N) is 2. The molecule has 0 radical (unpaired) electrons. The zero-order chi connectivity index (χ0) is 13.5. The van der Waals surface area contributed by atoms with Crippen LogP contribution in [-0.2, 0) is 11.3 Å². The lowest BCUT2D eigenvalue weighted by Gasteiger charge is -2.04. The van der Waals surface area contributed by atoms with E-state index in [1.54, 1.807) is 0 Å². The molecular formula is C11H14FN3O3. The Kier molecular flexibility index (Phi) is 5.19. The van der Waals surface area contributed by atoms with Crippen molar-refractivity contribution >= 4 is 11.6 Å². The van der Waals surface area contributed by atoms with Gasteiger partial charge in [0, 0.05) is 32.6 Å². The molecule has 0 aliphatic rings. The van der Waals surface area contributed by atoms with Gasteiger partial charge in [0.2, 0.25) is 5.91 Å². The summed E-state index contributed by atoms with van der Waals surface area (Å²) < 4.78 is 13.1. The molecule has 6 nitrogen and oxygen atoms in total. The van der Waals surface area contributed by atoms with E-state index in [2.05, 4.69) is 10.6 Å². The molecule has 0 heterocycles. The van der Waals surface area contributed by atoms with E-state index in [4.69, 9.17) is 0 Å². The van der Waals surface area contributed by atoms with Crippen molar-refractivity contribution in [2.45, 2.75) is 13.0 Å². The Hall–Kier alpha value is -2.02. The summed E-state index contributed by atoms with van der Waals surface area (Å²) >= 11 is 0. The predicted octanol–water partition coefficient (Wildman–Crippen LogP) is 0.960. The Bertz CT molecular complexity index is 451. The standard InChI is InChI=1S/C11H14FN3O3/c1-13-11(16)2-3-14-7-8-4-9(12)6-10(5-8)15(17)18/h4-6,14H,2-3,7H2,1H3,(H,13,16). The fourth-order valence-electron chi connectivity index (χ4n) is 1.40. The molecule has 0 aliphatic carbocycles. The van der Waals surface area contributed by atoms with Crippen LogP contribution in [0.5, 0.6) is 0 Å². The van der Waals surface area contributed by atoms with Gasteiger partial charge in [-0.2, -0.15) is 0 Å². The molecule has 0 atom stereocenters. The maximum absolute atomic E-state index is 13.1. The topological polar surface area (TPSA) is 84.3 Å².